The Labute approximate surface area is 166 Å². The number of hydrogen-bond acceptors (Lipinski definition) is 3. The lowest BCUT2D eigenvalue weighted by Gasteiger charge is -2.29. The minimum atomic E-state index is -0.793. The van der Waals surface area contributed by atoms with Crippen LogP contribution in [-0.2, 0) is 9.53 Å². The van der Waals surface area contributed by atoms with Crippen molar-refractivity contribution in [1.29, 1.82) is 0 Å². The van der Waals surface area contributed by atoms with Gasteiger partial charge in [0, 0.05) is 12.3 Å². The van der Waals surface area contributed by atoms with Gasteiger partial charge in [-0.15, -0.1) is 0 Å². The molecule has 1 aromatic rings. The molecule has 27 heavy (non-hydrogen) atoms. The molecule has 0 aliphatic carbocycles. The molecule has 0 bridgehead atoms. The van der Waals surface area contributed by atoms with Crippen LogP contribution < -0.4 is 10.1 Å². The molecule has 0 spiro atoms. The molecule has 154 valence electrons. The van der Waals surface area contributed by atoms with E-state index in [9.17, 15) is 4.79 Å². The highest BCUT2D eigenvalue weighted by Crippen LogP contribution is 2.30. The van der Waals surface area contributed by atoms with Gasteiger partial charge in [0.2, 0.25) is 0 Å². The molecule has 4 nitrogen and oxygen atoms in total. The van der Waals surface area contributed by atoms with Crippen LogP contribution in [0.2, 0.25) is 0 Å². The van der Waals surface area contributed by atoms with Crippen molar-refractivity contribution in [1.82, 2.24) is 0 Å². The van der Waals surface area contributed by atoms with Crippen molar-refractivity contribution in [3.8, 4) is 5.75 Å². The van der Waals surface area contributed by atoms with Gasteiger partial charge in [-0.25, -0.2) is 0 Å². The van der Waals surface area contributed by atoms with Gasteiger partial charge in [0.25, 0.3) is 5.91 Å². The van der Waals surface area contributed by atoms with Crippen LogP contribution in [0, 0.1) is 13.8 Å². The zero-order valence-electron chi connectivity index (χ0n) is 18.4. The van der Waals surface area contributed by atoms with Crippen LogP contribution >= 0.6 is 0 Å². The van der Waals surface area contributed by atoms with Crippen LogP contribution in [0.5, 0.6) is 5.75 Å². The Hall–Kier alpha value is -1.55. The Morgan fingerprint density at radius 2 is 1.74 bits per heavy atom. The Balaban J connectivity index is 2.94. The zero-order valence-corrected chi connectivity index (χ0v) is 18.4. The van der Waals surface area contributed by atoms with E-state index in [2.05, 4.69) is 33.0 Å². The van der Waals surface area contributed by atoms with Crippen molar-refractivity contribution in [3.05, 3.63) is 23.3 Å². The largest absolute Gasteiger partial charge is 0.490 e. The van der Waals surface area contributed by atoms with E-state index in [0.29, 0.717) is 6.61 Å². The maximum Gasteiger partial charge on any atom is 0.256 e. The molecule has 0 saturated heterocycles. The first-order valence-corrected chi connectivity index (χ1v) is 10.5. The molecule has 0 saturated carbocycles. The van der Waals surface area contributed by atoms with Gasteiger partial charge in [0.15, 0.2) is 0 Å². The fourth-order valence-corrected chi connectivity index (χ4v) is 3.05. The molecule has 0 unspecified atom stereocenters. The maximum atomic E-state index is 13.0. The Kier molecular flexibility index (Phi) is 9.86. The summed E-state index contributed by atoms with van der Waals surface area (Å²) in [6.45, 7) is 15.0. The lowest BCUT2D eigenvalue weighted by molar-refractivity contribution is -0.140. The summed E-state index contributed by atoms with van der Waals surface area (Å²) >= 11 is 0. The predicted octanol–water partition coefficient (Wildman–Crippen LogP) is 6.18. The highest BCUT2D eigenvalue weighted by molar-refractivity contribution is 5.97. The average Bonchev–Trinajstić information content (AvgIpc) is 2.63. The van der Waals surface area contributed by atoms with E-state index in [1.165, 1.54) is 0 Å². The smallest absolute Gasteiger partial charge is 0.256 e. The van der Waals surface area contributed by atoms with Crippen molar-refractivity contribution in [2.24, 2.45) is 0 Å². The summed E-state index contributed by atoms with van der Waals surface area (Å²) in [4.78, 5) is 13.0. The summed E-state index contributed by atoms with van der Waals surface area (Å²) in [5.74, 6) is 0.844. The van der Waals surface area contributed by atoms with Crippen LogP contribution in [0.3, 0.4) is 0 Å². The van der Waals surface area contributed by atoms with Gasteiger partial charge in [-0.05, 0) is 70.2 Å². The summed E-state index contributed by atoms with van der Waals surface area (Å²) in [7, 11) is 0. The van der Waals surface area contributed by atoms with Gasteiger partial charge < -0.3 is 14.8 Å². The number of amides is 1. The van der Waals surface area contributed by atoms with Crippen molar-refractivity contribution in [2.45, 2.75) is 98.7 Å². The molecule has 0 aliphatic rings. The minimum Gasteiger partial charge on any atom is -0.490 e. The van der Waals surface area contributed by atoms with Gasteiger partial charge in [0.05, 0.1) is 6.10 Å². The molecule has 1 aromatic carbocycles. The third kappa shape index (κ3) is 7.17. The van der Waals surface area contributed by atoms with E-state index in [1.807, 2.05) is 32.9 Å². The number of anilines is 1. The number of hydrogen-bond donors (Lipinski definition) is 1. The first kappa shape index (κ1) is 23.5. The van der Waals surface area contributed by atoms with Crippen LogP contribution in [0.1, 0.15) is 84.3 Å². The zero-order chi connectivity index (χ0) is 20.4. The van der Waals surface area contributed by atoms with Gasteiger partial charge >= 0.3 is 0 Å². The molecule has 1 N–H and O–H groups in total. The van der Waals surface area contributed by atoms with E-state index in [4.69, 9.17) is 9.47 Å². The van der Waals surface area contributed by atoms with E-state index in [1.54, 1.807) is 0 Å². The number of ether oxygens (including phenoxy) is 2. The van der Waals surface area contributed by atoms with Crippen LogP contribution in [-0.4, -0.2) is 24.2 Å². The van der Waals surface area contributed by atoms with Gasteiger partial charge in [-0.1, -0.05) is 40.0 Å². The monoisotopic (exact) mass is 377 g/mol. The number of aryl methyl sites for hydroxylation is 2. The number of benzene rings is 1. The van der Waals surface area contributed by atoms with Crippen LogP contribution in [0.4, 0.5) is 5.69 Å². The molecular weight excluding hydrogens is 338 g/mol. The maximum absolute atomic E-state index is 13.0. The standard InChI is InChI=1S/C23H39NO3/c1-8-11-12-13-23(7,26-14-9-2)22(25)24-20-15-17(4)21(18(5)16-20)27-19(6)10-3/h15-16,19H,8-14H2,1-7H3,(H,24,25)/t19-,23+/m1/s1. The second-order valence-electron chi connectivity index (χ2n) is 7.77. The SMILES string of the molecule is CCCCC[C@](C)(OCCC)C(=O)Nc1cc(C)c(O[C@H](C)CC)c(C)c1. The normalized spacial score (nSPS) is 14.5. The lowest BCUT2D eigenvalue weighted by atomic mass is 9.96. The Morgan fingerprint density at radius 1 is 1.11 bits per heavy atom. The molecule has 0 heterocycles. The molecule has 1 amide bonds. The summed E-state index contributed by atoms with van der Waals surface area (Å²) in [6, 6.07) is 3.96. The fourth-order valence-electron chi connectivity index (χ4n) is 3.05. The first-order valence-electron chi connectivity index (χ1n) is 10.5. The predicted molar refractivity (Wildman–Crippen MR) is 114 cm³/mol. The number of unbranched alkanes of at least 4 members (excludes halogenated alkanes) is 2. The van der Waals surface area contributed by atoms with Crippen molar-refractivity contribution in [2.75, 3.05) is 11.9 Å². The molecule has 1 rings (SSSR count). The average molecular weight is 378 g/mol. The molecule has 4 heteroatoms. The van der Waals surface area contributed by atoms with Crippen LogP contribution in [0.15, 0.2) is 12.1 Å². The van der Waals surface area contributed by atoms with E-state index in [0.717, 1.165) is 61.1 Å². The van der Waals surface area contributed by atoms with Gasteiger partial charge in [-0.2, -0.15) is 0 Å². The second-order valence-corrected chi connectivity index (χ2v) is 7.77. The van der Waals surface area contributed by atoms with Crippen molar-refractivity contribution < 1.29 is 14.3 Å². The Morgan fingerprint density at radius 3 is 2.26 bits per heavy atom. The molecule has 0 aromatic heterocycles. The van der Waals surface area contributed by atoms with Crippen molar-refractivity contribution >= 4 is 11.6 Å². The molecule has 0 radical (unpaired) electrons. The lowest BCUT2D eigenvalue weighted by Crippen LogP contribution is -2.43. The molecule has 0 aliphatic heterocycles. The van der Waals surface area contributed by atoms with Crippen molar-refractivity contribution in [3.63, 3.8) is 0 Å². The molecule has 2 atom stereocenters. The quantitative estimate of drug-likeness (QED) is 0.442. The molecular formula is C23H39NO3. The summed E-state index contributed by atoms with van der Waals surface area (Å²) in [5.41, 5.74) is 2.08. The first-order chi connectivity index (χ1) is 12.8. The number of carbonyl (C=O) groups is 1. The topological polar surface area (TPSA) is 47.6 Å². The molecule has 0 fully saturated rings. The van der Waals surface area contributed by atoms with Crippen LogP contribution in [0.25, 0.3) is 0 Å². The third-order valence-electron chi connectivity index (χ3n) is 4.97. The highest BCUT2D eigenvalue weighted by atomic mass is 16.5. The van der Waals surface area contributed by atoms with Gasteiger partial charge in [-0.3, -0.25) is 4.79 Å². The summed E-state index contributed by atoms with van der Waals surface area (Å²) in [5, 5.41) is 3.08. The number of rotatable bonds is 12. The fraction of sp³-hybridized carbons (Fsp3) is 0.696. The summed E-state index contributed by atoms with van der Waals surface area (Å²) < 4.78 is 12.0. The third-order valence-corrected chi connectivity index (χ3v) is 4.97. The second kappa shape index (κ2) is 11.3. The highest BCUT2D eigenvalue weighted by Gasteiger charge is 2.33. The minimum absolute atomic E-state index is 0.0681. The summed E-state index contributed by atoms with van der Waals surface area (Å²) in [6.07, 6.45) is 5.99. The van der Waals surface area contributed by atoms with E-state index < -0.39 is 5.60 Å². The van der Waals surface area contributed by atoms with E-state index >= 15 is 0 Å². The van der Waals surface area contributed by atoms with Gasteiger partial charge in [0.1, 0.15) is 11.4 Å². The van der Waals surface area contributed by atoms with E-state index in [-0.39, 0.29) is 12.0 Å². The number of carbonyl (C=O) groups excluding carboxylic acids is 1. The Bertz CT molecular complexity index is 576. The number of nitrogens with one attached hydrogen (secondary N) is 1.